The Morgan fingerprint density at radius 3 is 2.07 bits per heavy atom. The number of aryl methyl sites for hydroxylation is 1. The fourth-order valence-electron chi connectivity index (χ4n) is 1.21. The standard InChI is InChI=1S/C11H17ClSSi/c1-4-14(12,5-2)13-11-8-6-10(3)7-9-11/h6-9H,4-5H2,1-3H3. The highest BCUT2D eigenvalue weighted by atomic mass is 35.6. The first-order chi connectivity index (χ1) is 6.59. The van der Waals surface area contributed by atoms with E-state index in [1.807, 2.05) is 11.2 Å². The summed E-state index contributed by atoms with van der Waals surface area (Å²) in [5.74, 6) is 0. The van der Waals surface area contributed by atoms with E-state index in [1.54, 1.807) is 0 Å². The molecule has 3 heteroatoms. The summed E-state index contributed by atoms with van der Waals surface area (Å²) in [6, 6.07) is 10.9. The van der Waals surface area contributed by atoms with E-state index in [4.69, 9.17) is 11.1 Å². The Bertz CT molecular complexity index is 280. The molecule has 0 aliphatic carbocycles. The van der Waals surface area contributed by atoms with E-state index in [9.17, 15) is 0 Å². The lowest BCUT2D eigenvalue weighted by molar-refractivity contribution is 1.33. The highest BCUT2D eigenvalue weighted by Gasteiger charge is 2.27. The minimum absolute atomic E-state index is 1.13. The molecule has 0 unspecified atom stereocenters. The fraction of sp³-hybridized carbons (Fsp3) is 0.455. The van der Waals surface area contributed by atoms with Gasteiger partial charge in [-0.1, -0.05) is 31.5 Å². The monoisotopic (exact) mass is 244 g/mol. The average Bonchev–Trinajstić information content (AvgIpc) is 2.21. The van der Waals surface area contributed by atoms with Crippen LogP contribution < -0.4 is 0 Å². The van der Waals surface area contributed by atoms with Crippen LogP contribution in [-0.2, 0) is 0 Å². The Labute approximate surface area is 96.4 Å². The molecule has 0 saturated heterocycles. The van der Waals surface area contributed by atoms with Crippen molar-refractivity contribution in [3.8, 4) is 0 Å². The zero-order chi connectivity index (χ0) is 10.6. The molecule has 0 bridgehead atoms. The van der Waals surface area contributed by atoms with E-state index < -0.39 is 6.53 Å². The number of rotatable bonds is 4. The molecule has 0 aliphatic rings. The molecule has 0 atom stereocenters. The van der Waals surface area contributed by atoms with Crippen LogP contribution in [0.2, 0.25) is 12.1 Å². The van der Waals surface area contributed by atoms with Crippen LogP contribution >= 0.6 is 22.3 Å². The third-order valence-electron chi connectivity index (χ3n) is 2.38. The molecule has 0 amide bonds. The van der Waals surface area contributed by atoms with Gasteiger partial charge < -0.3 is 0 Å². The maximum Gasteiger partial charge on any atom is 0.219 e. The third-order valence-corrected chi connectivity index (χ3v) is 11.2. The zero-order valence-corrected chi connectivity index (χ0v) is 11.6. The summed E-state index contributed by atoms with van der Waals surface area (Å²) in [6.45, 7) is 4.94. The molecule has 0 aromatic heterocycles. The van der Waals surface area contributed by atoms with Crippen molar-refractivity contribution in [2.45, 2.75) is 37.8 Å². The molecule has 0 fully saturated rings. The number of benzene rings is 1. The Hall–Kier alpha value is 0.0769. The van der Waals surface area contributed by atoms with Gasteiger partial charge in [0.05, 0.1) is 0 Å². The topological polar surface area (TPSA) is 0 Å². The van der Waals surface area contributed by atoms with Crippen molar-refractivity contribution < 1.29 is 0 Å². The summed E-state index contributed by atoms with van der Waals surface area (Å²) < 4.78 is 0. The summed E-state index contributed by atoms with van der Waals surface area (Å²) >= 11 is 8.49. The molecular weight excluding hydrogens is 228 g/mol. The number of hydrogen-bond acceptors (Lipinski definition) is 1. The maximum atomic E-state index is 6.58. The van der Waals surface area contributed by atoms with Gasteiger partial charge in [0.2, 0.25) is 6.53 Å². The molecular formula is C11H17ClSSi. The minimum atomic E-state index is -1.57. The number of hydrogen-bond donors (Lipinski definition) is 0. The first-order valence-electron chi connectivity index (χ1n) is 5.04. The largest absolute Gasteiger partial charge is 0.219 e. The van der Waals surface area contributed by atoms with Crippen LogP contribution in [0.1, 0.15) is 19.4 Å². The molecule has 14 heavy (non-hydrogen) atoms. The molecule has 1 aromatic rings. The van der Waals surface area contributed by atoms with Crippen molar-refractivity contribution >= 4 is 28.8 Å². The van der Waals surface area contributed by atoms with Crippen molar-refractivity contribution in [1.82, 2.24) is 0 Å². The molecule has 0 radical (unpaired) electrons. The molecule has 0 heterocycles. The highest BCUT2D eigenvalue weighted by Crippen LogP contribution is 2.38. The molecule has 0 nitrogen and oxygen atoms in total. The van der Waals surface area contributed by atoms with E-state index in [-0.39, 0.29) is 0 Å². The maximum absolute atomic E-state index is 6.58. The second kappa shape index (κ2) is 5.24. The van der Waals surface area contributed by atoms with E-state index in [2.05, 4.69) is 45.0 Å². The predicted molar refractivity (Wildman–Crippen MR) is 69.6 cm³/mol. The lowest BCUT2D eigenvalue weighted by atomic mass is 10.2. The van der Waals surface area contributed by atoms with Crippen molar-refractivity contribution in [3.05, 3.63) is 29.8 Å². The van der Waals surface area contributed by atoms with E-state index in [0.717, 1.165) is 12.1 Å². The van der Waals surface area contributed by atoms with E-state index >= 15 is 0 Å². The molecule has 0 spiro atoms. The Balaban J connectivity index is 2.72. The summed E-state index contributed by atoms with van der Waals surface area (Å²) in [5.41, 5.74) is 1.31. The quantitative estimate of drug-likeness (QED) is 0.541. The van der Waals surface area contributed by atoms with Gasteiger partial charge in [-0.15, -0.1) is 11.2 Å². The van der Waals surface area contributed by atoms with Crippen LogP contribution in [0.4, 0.5) is 0 Å². The normalized spacial score (nSPS) is 11.7. The molecule has 1 aromatic carbocycles. The van der Waals surface area contributed by atoms with E-state index in [0.29, 0.717) is 0 Å². The molecule has 0 saturated carbocycles. The summed E-state index contributed by atoms with van der Waals surface area (Å²) in [5, 5.41) is 0. The van der Waals surface area contributed by atoms with Crippen LogP contribution in [0, 0.1) is 6.92 Å². The molecule has 0 aliphatic heterocycles. The molecule has 1 rings (SSSR count). The van der Waals surface area contributed by atoms with Crippen molar-refractivity contribution in [3.63, 3.8) is 0 Å². The molecule has 78 valence electrons. The third kappa shape index (κ3) is 3.34. The fourth-order valence-corrected chi connectivity index (χ4v) is 6.04. The lowest BCUT2D eigenvalue weighted by Crippen LogP contribution is -2.19. The van der Waals surface area contributed by atoms with Crippen molar-refractivity contribution in [2.24, 2.45) is 0 Å². The first kappa shape index (κ1) is 12.1. The first-order valence-corrected chi connectivity index (χ1v) is 10.0. The van der Waals surface area contributed by atoms with Crippen LogP contribution in [0.25, 0.3) is 0 Å². The van der Waals surface area contributed by atoms with Crippen LogP contribution in [0.5, 0.6) is 0 Å². The second-order valence-corrected chi connectivity index (χ2v) is 13.2. The van der Waals surface area contributed by atoms with Gasteiger partial charge in [0.25, 0.3) is 0 Å². The summed E-state index contributed by atoms with van der Waals surface area (Å²) in [7, 11) is 0. The van der Waals surface area contributed by atoms with Crippen LogP contribution in [0.15, 0.2) is 29.2 Å². The van der Waals surface area contributed by atoms with Gasteiger partial charge in [-0.25, -0.2) is 0 Å². The minimum Gasteiger partial charge on any atom is -0.152 e. The number of halogens is 1. The van der Waals surface area contributed by atoms with Gasteiger partial charge in [0, 0.05) is 4.90 Å². The Morgan fingerprint density at radius 1 is 1.14 bits per heavy atom. The summed E-state index contributed by atoms with van der Waals surface area (Å²) in [6.07, 6.45) is 0. The van der Waals surface area contributed by atoms with Crippen molar-refractivity contribution in [2.75, 3.05) is 0 Å². The highest BCUT2D eigenvalue weighted by molar-refractivity contribution is 8.33. The van der Waals surface area contributed by atoms with Crippen LogP contribution in [0.3, 0.4) is 0 Å². The van der Waals surface area contributed by atoms with Gasteiger partial charge in [-0.05, 0) is 31.1 Å². The smallest absolute Gasteiger partial charge is 0.152 e. The SMILES string of the molecule is CC[Si](Cl)(CC)Sc1ccc(C)cc1. The molecule has 0 N–H and O–H groups in total. The summed E-state index contributed by atoms with van der Waals surface area (Å²) in [4.78, 5) is 1.32. The van der Waals surface area contributed by atoms with Gasteiger partial charge in [0.1, 0.15) is 0 Å². The average molecular weight is 245 g/mol. The zero-order valence-electron chi connectivity index (χ0n) is 9.01. The van der Waals surface area contributed by atoms with Crippen LogP contribution in [-0.4, -0.2) is 6.53 Å². The second-order valence-electron chi connectivity index (χ2n) is 3.51. The Morgan fingerprint density at radius 2 is 1.64 bits per heavy atom. The van der Waals surface area contributed by atoms with Gasteiger partial charge in [-0.2, -0.15) is 11.1 Å². The van der Waals surface area contributed by atoms with Gasteiger partial charge in [-0.3, -0.25) is 0 Å². The van der Waals surface area contributed by atoms with Gasteiger partial charge >= 0.3 is 0 Å². The van der Waals surface area contributed by atoms with Gasteiger partial charge in [0.15, 0.2) is 0 Å². The lowest BCUT2D eigenvalue weighted by Gasteiger charge is -2.20. The predicted octanol–water partition coefficient (Wildman–Crippen LogP) is 4.81. The van der Waals surface area contributed by atoms with E-state index in [1.165, 1.54) is 10.5 Å². The Kier molecular flexibility index (Phi) is 4.55. The van der Waals surface area contributed by atoms with Crippen molar-refractivity contribution in [1.29, 1.82) is 0 Å².